The van der Waals surface area contributed by atoms with Gasteiger partial charge in [0.2, 0.25) is 0 Å². The van der Waals surface area contributed by atoms with E-state index in [1.807, 2.05) is 28.6 Å². The standard InChI is InChI=1S/C18H22N4O2.C2HF3O2/c1-13-6-15(8-19-7-13)18(23)21-9-16-4-5-20-22(16)11-17(10-21)24-12-14-2-3-14;3-2(4,5)1(6)7/h4-8,14,17H,2-3,9-12H2,1H3;(H,6,7). The van der Waals surface area contributed by atoms with Gasteiger partial charge >= 0.3 is 12.1 Å². The molecule has 1 saturated carbocycles. The van der Waals surface area contributed by atoms with Crippen molar-refractivity contribution in [2.75, 3.05) is 13.2 Å². The molecule has 11 heteroatoms. The van der Waals surface area contributed by atoms with Crippen molar-refractivity contribution in [3.8, 4) is 0 Å². The topological polar surface area (TPSA) is 97.5 Å². The molecule has 2 aliphatic rings. The first-order chi connectivity index (χ1) is 14.6. The van der Waals surface area contributed by atoms with Crippen LogP contribution in [0.3, 0.4) is 0 Å². The number of nitrogens with zero attached hydrogens (tertiary/aromatic N) is 4. The molecular weight excluding hydrogens is 417 g/mol. The summed E-state index contributed by atoms with van der Waals surface area (Å²) in [5, 5.41) is 11.5. The lowest BCUT2D eigenvalue weighted by Gasteiger charge is -2.24. The van der Waals surface area contributed by atoms with Gasteiger partial charge in [0, 0.05) is 31.7 Å². The molecule has 4 rings (SSSR count). The van der Waals surface area contributed by atoms with Gasteiger partial charge in [0.15, 0.2) is 0 Å². The number of amides is 1. The first-order valence-electron chi connectivity index (χ1n) is 9.77. The average molecular weight is 440 g/mol. The number of halogens is 3. The highest BCUT2D eigenvalue weighted by atomic mass is 19.4. The van der Waals surface area contributed by atoms with Crippen LogP contribution < -0.4 is 0 Å². The molecule has 0 radical (unpaired) electrons. The molecule has 1 amide bonds. The predicted molar refractivity (Wildman–Crippen MR) is 102 cm³/mol. The quantitative estimate of drug-likeness (QED) is 0.785. The molecule has 1 aliphatic heterocycles. The van der Waals surface area contributed by atoms with E-state index in [4.69, 9.17) is 14.6 Å². The number of carbonyl (C=O) groups excluding carboxylic acids is 1. The number of aryl methyl sites for hydroxylation is 1. The van der Waals surface area contributed by atoms with Crippen LogP contribution in [0.2, 0.25) is 0 Å². The molecule has 1 N–H and O–H groups in total. The van der Waals surface area contributed by atoms with Crippen LogP contribution in [0.25, 0.3) is 0 Å². The zero-order valence-corrected chi connectivity index (χ0v) is 16.9. The number of carboxylic acid groups (broad SMARTS) is 1. The van der Waals surface area contributed by atoms with Gasteiger partial charge in [0.1, 0.15) is 0 Å². The van der Waals surface area contributed by atoms with Crippen molar-refractivity contribution in [1.82, 2.24) is 19.7 Å². The zero-order chi connectivity index (χ0) is 22.6. The SMILES string of the molecule is Cc1cncc(C(=O)N2Cc3ccnn3CC(OCC3CC3)C2)c1.O=C(O)C(F)(F)F. The van der Waals surface area contributed by atoms with Crippen LogP contribution in [-0.2, 0) is 22.6 Å². The van der Waals surface area contributed by atoms with Gasteiger partial charge < -0.3 is 14.7 Å². The number of hydrogen-bond donors (Lipinski definition) is 1. The molecule has 8 nitrogen and oxygen atoms in total. The summed E-state index contributed by atoms with van der Waals surface area (Å²) in [6.45, 7) is 4.57. The second-order valence-corrected chi connectivity index (χ2v) is 7.64. The van der Waals surface area contributed by atoms with E-state index in [0.717, 1.165) is 17.9 Å². The van der Waals surface area contributed by atoms with Gasteiger partial charge in [0.25, 0.3) is 5.91 Å². The number of rotatable bonds is 4. The van der Waals surface area contributed by atoms with Crippen LogP contribution in [0.15, 0.2) is 30.7 Å². The van der Waals surface area contributed by atoms with E-state index in [9.17, 15) is 18.0 Å². The van der Waals surface area contributed by atoms with Crippen LogP contribution in [-0.4, -0.2) is 62.1 Å². The minimum Gasteiger partial charge on any atom is -0.475 e. The van der Waals surface area contributed by atoms with E-state index in [0.29, 0.717) is 31.1 Å². The Hall–Kier alpha value is -2.95. The average Bonchev–Trinajstić information content (AvgIpc) is 3.47. The van der Waals surface area contributed by atoms with Crippen LogP contribution in [0.1, 0.15) is 34.5 Å². The number of aromatic nitrogens is 3. The monoisotopic (exact) mass is 440 g/mol. The number of hydrogen-bond acceptors (Lipinski definition) is 5. The minimum atomic E-state index is -5.08. The summed E-state index contributed by atoms with van der Waals surface area (Å²) < 4.78 is 39.8. The first kappa shape index (κ1) is 22.7. The van der Waals surface area contributed by atoms with Gasteiger partial charge in [-0.2, -0.15) is 18.3 Å². The molecule has 1 atom stereocenters. The molecular formula is C20H23F3N4O4. The molecule has 0 saturated heterocycles. The molecule has 1 unspecified atom stereocenters. The molecule has 1 fully saturated rings. The Morgan fingerprint density at radius 1 is 1.26 bits per heavy atom. The highest BCUT2D eigenvalue weighted by molar-refractivity contribution is 5.94. The molecule has 3 heterocycles. The number of carbonyl (C=O) groups is 2. The lowest BCUT2D eigenvalue weighted by molar-refractivity contribution is -0.192. The molecule has 2 aromatic heterocycles. The minimum absolute atomic E-state index is 0.000807. The summed E-state index contributed by atoms with van der Waals surface area (Å²) >= 11 is 0. The second kappa shape index (κ2) is 9.46. The number of fused-ring (bicyclic) bond motifs is 1. The summed E-state index contributed by atoms with van der Waals surface area (Å²) in [5.74, 6) is -2.05. The smallest absolute Gasteiger partial charge is 0.475 e. The third-order valence-electron chi connectivity index (χ3n) is 4.87. The molecule has 0 bridgehead atoms. The normalized spacial score (nSPS) is 18.5. The van der Waals surface area contributed by atoms with Crippen molar-refractivity contribution in [3.05, 3.63) is 47.5 Å². The fraction of sp³-hybridized carbons (Fsp3) is 0.500. The molecule has 168 valence electrons. The van der Waals surface area contributed by atoms with Crippen molar-refractivity contribution < 1.29 is 32.6 Å². The van der Waals surface area contributed by atoms with Crippen LogP contribution in [0.5, 0.6) is 0 Å². The third-order valence-corrected chi connectivity index (χ3v) is 4.87. The Morgan fingerprint density at radius 2 is 1.97 bits per heavy atom. The fourth-order valence-electron chi connectivity index (χ4n) is 3.09. The van der Waals surface area contributed by atoms with E-state index in [1.54, 1.807) is 18.6 Å². The van der Waals surface area contributed by atoms with Crippen LogP contribution >= 0.6 is 0 Å². The van der Waals surface area contributed by atoms with Gasteiger partial charge in [0.05, 0.1) is 30.5 Å². The first-order valence-corrected chi connectivity index (χ1v) is 9.77. The van der Waals surface area contributed by atoms with Crippen molar-refractivity contribution in [3.63, 3.8) is 0 Å². The Balaban J connectivity index is 0.000000339. The Morgan fingerprint density at radius 3 is 2.58 bits per heavy atom. The summed E-state index contributed by atoms with van der Waals surface area (Å²) in [7, 11) is 0. The maximum absolute atomic E-state index is 12.9. The highest BCUT2D eigenvalue weighted by Gasteiger charge is 2.38. The lowest BCUT2D eigenvalue weighted by Crippen LogP contribution is -2.37. The van der Waals surface area contributed by atoms with E-state index < -0.39 is 12.1 Å². The van der Waals surface area contributed by atoms with Gasteiger partial charge in [-0.3, -0.25) is 14.5 Å². The fourth-order valence-corrected chi connectivity index (χ4v) is 3.09. The van der Waals surface area contributed by atoms with Crippen molar-refractivity contribution in [2.24, 2.45) is 5.92 Å². The number of pyridine rings is 1. The Bertz CT molecular complexity index is 927. The molecule has 0 spiro atoms. The summed E-state index contributed by atoms with van der Waals surface area (Å²) in [5.41, 5.74) is 2.66. The summed E-state index contributed by atoms with van der Waals surface area (Å²) in [6.07, 6.45) is 2.60. The van der Waals surface area contributed by atoms with Gasteiger partial charge in [-0.25, -0.2) is 4.79 Å². The largest absolute Gasteiger partial charge is 0.490 e. The van der Waals surface area contributed by atoms with Crippen LogP contribution in [0.4, 0.5) is 13.2 Å². The second-order valence-electron chi connectivity index (χ2n) is 7.64. The summed E-state index contributed by atoms with van der Waals surface area (Å²) in [6, 6.07) is 3.86. The van der Waals surface area contributed by atoms with E-state index in [-0.39, 0.29) is 12.0 Å². The van der Waals surface area contributed by atoms with Gasteiger partial charge in [-0.05, 0) is 43.4 Å². The predicted octanol–water partition coefficient (Wildman–Crippen LogP) is 2.67. The highest BCUT2D eigenvalue weighted by Crippen LogP contribution is 2.29. The molecule has 0 aromatic carbocycles. The van der Waals surface area contributed by atoms with Gasteiger partial charge in [-0.15, -0.1) is 0 Å². The number of aliphatic carboxylic acids is 1. The van der Waals surface area contributed by atoms with Gasteiger partial charge in [-0.1, -0.05) is 0 Å². The molecule has 2 aromatic rings. The Labute approximate surface area is 176 Å². The molecule has 1 aliphatic carbocycles. The van der Waals surface area contributed by atoms with Crippen molar-refractivity contribution in [1.29, 1.82) is 0 Å². The summed E-state index contributed by atoms with van der Waals surface area (Å²) in [4.78, 5) is 27.8. The van der Waals surface area contributed by atoms with E-state index >= 15 is 0 Å². The van der Waals surface area contributed by atoms with Crippen molar-refractivity contribution in [2.45, 2.75) is 45.1 Å². The maximum Gasteiger partial charge on any atom is 0.490 e. The molecule has 31 heavy (non-hydrogen) atoms. The zero-order valence-electron chi connectivity index (χ0n) is 16.9. The third kappa shape index (κ3) is 6.51. The van der Waals surface area contributed by atoms with E-state index in [1.165, 1.54) is 12.8 Å². The van der Waals surface area contributed by atoms with E-state index in [2.05, 4.69) is 10.1 Å². The number of carboxylic acids is 1. The van der Waals surface area contributed by atoms with Crippen LogP contribution in [0, 0.1) is 12.8 Å². The Kier molecular flexibility index (Phi) is 6.94. The number of alkyl halides is 3. The maximum atomic E-state index is 12.9. The lowest BCUT2D eigenvalue weighted by atomic mass is 10.2. The van der Waals surface area contributed by atoms with Crippen molar-refractivity contribution >= 4 is 11.9 Å². The number of ether oxygens (including phenoxy) is 1.